The van der Waals surface area contributed by atoms with Gasteiger partial charge >= 0.3 is 0 Å². The Morgan fingerprint density at radius 2 is 2.18 bits per heavy atom. The van der Waals surface area contributed by atoms with Crippen molar-refractivity contribution in [2.24, 2.45) is 5.92 Å². The summed E-state index contributed by atoms with van der Waals surface area (Å²) >= 11 is 0. The van der Waals surface area contributed by atoms with Gasteiger partial charge in [-0.05, 0) is 13.3 Å². The predicted molar refractivity (Wildman–Crippen MR) is 42.3 cm³/mol. The summed E-state index contributed by atoms with van der Waals surface area (Å²) in [5.41, 5.74) is 0. The molecule has 0 heterocycles. The van der Waals surface area contributed by atoms with Crippen molar-refractivity contribution in [2.75, 3.05) is 20.5 Å². The monoisotopic (exact) mass is 160 g/mol. The lowest BCUT2D eigenvalue weighted by molar-refractivity contribution is -0.121. The molecule has 0 radical (unpaired) electrons. The topological polar surface area (TPSA) is 35.5 Å². The van der Waals surface area contributed by atoms with E-state index < -0.39 is 0 Å². The van der Waals surface area contributed by atoms with E-state index in [-0.39, 0.29) is 11.7 Å². The molecule has 0 aliphatic rings. The average molecular weight is 160 g/mol. The molecule has 0 saturated heterocycles. The minimum absolute atomic E-state index is 0.104. The van der Waals surface area contributed by atoms with Crippen molar-refractivity contribution in [3.05, 3.63) is 0 Å². The zero-order chi connectivity index (χ0) is 8.69. The molecule has 0 aromatic heterocycles. The first-order valence-electron chi connectivity index (χ1n) is 3.75. The number of methoxy groups -OCH3 is 1. The number of ketones is 1. The molecule has 0 saturated carbocycles. The van der Waals surface area contributed by atoms with Crippen LogP contribution in [0.2, 0.25) is 0 Å². The maximum atomic E-state index is 10.7. The number of Topliss-reactive ketones (excluding diaryl/α,β-unsaturated/α-hetero) is 1. The second kappa shape index (κ2) is 6.31. The molecule has 66 valence electrons. The highest BCUT2D eigenvalue weighted by Crippen LogP contribution is 2.02. The Labute approximate surface area is 67.7 Å². The number of hydrogen-bond donors (Lipinski definition) is 0. The Kier molecular flexibility index (Phi) is 6.07. The lowest BCUT2D eigenvalue weighted by Crippen LogP contribution is -2.10. The zero-order valence-corrected chi connectivity index (χ0v) is 7.42. The molecular formula is C8H16O3. The fraction of sp³-hybridized carbons (Fsp3) is 0.875. The molecule has 0 aliphatic carbocycles. The van der Waals surface area contributed by atoms with Crippen molar-refractivity contribution >= 4 is 5.78 Å². The Balaban J connectivity index is 3.17. The van der Waals surface area contributed by atoms with E-state index in [0.29, 0.717) is 13.4 Å². The van der Waals surface area contributed by atoms with Gasteiger partial charge in [0, 0.05) is 13.0 Å². The van der Waals surface area contributed by atoms with E-state index in [1.165, 1.54) is 0 Å². The Morgan fingerprint density at radius 3 is 2.64 bits per heavy atom. The van der Waals surface area contributed by atoms with Crippen LogP contribution in [0.3, 0.4) is 0 Å². The number of carbonyl (C=O) groups excluding carboxylic acids is 1. The third-order valence-corrected chi connectivity index (χ3v) is 1.59. The van der Waals surface area contributed by atoms with Crippen LogP contribution in [-0.2, 0) is 14.3 Å². The molecule has 1 atom stereocenters. The van der Waals surface area contributed by atoms with E-state index in [1.807, 2.05) is 6.92 Å². The van der Waals surface area contributed by atoms with Crippen LogP contribution in [0, 0.1) is 5.92 Å². The number of hydrogen-bond acceptors (Lipinski definition) is 3. The molecule has 0 aromatic carbocycles. The summed E-state index contributed by atoms with van der Waals surface area (Å²) < 4.78 is 9.71. The lowest BCUT2D eigenvalue weighted by atomic mass is 10.1. The van der Waals surface area contributed by atoms with Gasteiger partial charge < -0.3 is 9.47 Å². The molecule has 3 heteroatoms. The smallest absolute Gasteiger partial charge is 0.146 e. The predicted octanol–water partition coefficient (Wildman–Crippen LogP) is 1.22. The maximum Gasteiger partial charge on any atom is 0.146 e. The standard InChI is InChI=1S/C8H16O3/c1-7(8(2)9)4-5-11-6-10-3/h7H,4-6H2,1-3H3. The summed E-state index contributed by atoms with van der Waals surface area (Å²) in [6.45, 7) is 4.40. The second-order valence-electron chi connectivity index (χ2n) is 2.62. The van der Waals surface area contributed by atoms with E-state index in [9.17, 15) is 4.79 Å². The molecule has 3 nitrogen and oxygen atoms in total. The number of ether oxygens (including phenoxy) is 2. The molecule has 0 amide bonds. The Hall–Kier alpha value is -0.410. The van der Waals surface area contributed by atoms with Gasteiger partial charge in [0.1, 0.15) is 12.6 Å². The van der Waals surface area contributed by atoms with E-state index in [0.717, 1.165) is 6.42 Å². The first-order chi connectivity index (χ1) is 5.18. The van der Waals surface area contributed by atoms with Crippen molar-refractivity contribution in [3.8, 4) is 0 Å². The van der Waals surface area contributed by atoms with Crippen LogP contribution in [0.1, 0.15) is 20.3 Å². The highest BCUT2D eigenvalue weighted by molar-refractivity contribution is 5.77. The van der Waals surface area contributed by atoms with Crippen molar-refractivity contribution in [1.82, 2.24) is 0 Å². The molecule has 0 spiro atoms. The fourth-order valence-corrected chi connectivity index (χ4v) is 0.606. The zero-order valence-electron chi connectivity index (χ0n) is 7.42. The van der Waals surface area contributed by atoms with E-state index in [4.69, 9.17) is 4.74 Å². The number of rotatable bonds is 6. The summed E-state index contributed by atoms with van der Waals surface area (Å²) in [5, 5.41) is 0. The maximum absolute atomic E-state index is 10.7. The second-order valence-corrected chi connectivity index (χ2v) is 2.62. The van der Waals surface area contributed by atoms with Gasteiger partial charge in [-0.1, -0.05) is 6.92 Å². The average Bonchev–Trinajstić information content (AvgIpc) is 1.97. The molecule has 0 bridgehead atoms. The molecule has 0 N–H and O–H groups in total. The normalized spacial score (nSPS) is 13.0. The van der Waals surface area contributed by atoms with Crippen molar-refractivity contribution < 1.29 is 14.3 Å². The Morgan fingerprint density at radius 1 is 1.55 bits per heavy atom. The molecule has 11 heavy (non-hydrogen) atoms. The minimum Gasteiger partial charge on any atom is -0.359 e. The van der Waals surface area contributed by atoms with Gasteiger partial charge in [-0.2, -0.15) is 0 Å². The van der Waals surface area contributed by atoms with Gasteiger partial charge in [0.15, 0.2) is 0 Å². The summed E-state index contributed by atoms with van der Waals surface area (Å²) in [5.74, 6) is 0.317. The highest BCUT2D eigenvalue weighted by Gasteiger charge is 2.05. The molecule has 1 unspecified atom stereocenters. The van der Waals surface area contributed by atoms with E-state index in [1.54, 1.807) is 14.0 Å². The van der Waals surface area contributed by atoms with Crippen molar-refractivity contribution in [2.45, 2.75) is 20.3 Å². The molecule has 0 rings (SSSR count). The molecule has 0 aromatic rings. The quantitative estimate of drug-likeness (QED) is 0.433. The minimum atomic E-state index is 0.104. The lowest BCUT2D eigenvalue weighted by Gasteiger charge is -2.06. The van der Waals surface area contributed by atoms with Gasteiger partial charge in [0.2, 0.25) is 0 Å². The molecule has 0 fully saturated rings. The van der Waals surface area contributed by atoms with Gasteiger partial charge in [0.25, 0.3) is 0 Å². The molecular weight excluding hydrogens is 144 g/mol. The van der Waals surface area contributed by atoms with Gasteiger partial charge in [0.05, 0.1) is 6.61 Å². The summed E-state index contributed by atoms with van der Waals surface area (Å²) in [4.78, 5) is 10.7. The van der Waals surface area contributed by atoms with Crippen LogP contribution in [-0.4, -0.2) is 26.3 Å². The van der Waals surface area contributed by atoms with Gasteiger partial charge in [-0.15, -0.1) is 0 Å². The fourth-order valence-electron chi connectivity index (χ4n) is 0.606. The SMILES string of the molecule is COCOCCC(C)C(C)=O. The third kappa shape index (κ3) is 6.01. The summed E-state index contributed by atoms with van der Waals surface area (Å²) in [6, 6.07) is 0. The summed E-state index contributed by atoms with van der Waals surface area (Å²) in [7, 11) is 1.58. The molecule has 0 aliphatic heterocycles. The largest absolute Gasteiger partial charge is 0.359 e. The van der Waals surface area contributed by atoms with Crippen LogP contribution < -0.4 is 0 Å². The van der Waals surface area contributed by atoms with Crippen LogP contribution in [0.15, 0.2) is 0 Å². The van der Waals surface area contributed by atoms with E-state index in [2.05, 4.69) is 4.74 Å². The summed E-state index contributed by atoms with van der Waals surface area (Å²) in [6.07, 6.45) is 0.776. The van der Waals surface area contributed by atoms with Crippen molar-refractivity contribution in [3.63, 3.8) is 0 Å². The van der Waals surface area contributed by atoms with Crippen LogP contribution in [0.4, 0.5) is 0 Å². The Bertz CT molecular complexity index is 112. The first-order valence-corrected chi connectivity index (χ1v) is 3.75. The van der Waals surface area contributed by atoms with Crippen LogP contribution >= 0.6 is 0 Å². The van der Waals surface area contributed by atoms with Gasteiger partial charge in [-0.25, -0.2) is 0 Å². The van der Waals surface area contributed by atoms with Gasteiger partial charge in [-0.3, -0.25) is 4.79 Å². The first kappa shape index (κ1) is 10.6. The third-order valence-electron chi connectivity index (χ3n) is 1.59. The van der Waals surface area contributed by atoms with Crippen LogP contribution in [0.25, 0.3) is 0 Å². The van der Waals surface area contributed by atoms with Crippen molar-refractivity contribution in [1.29, 1.82) is 0 Å². The highest BCUT2D eigenvalue weighted by atomic mass is 16.7. The van der Waals surface area contributed by atoms with Crippen LogP contribution in [0.5, 0.6) is 0 Å². The van der Waals surface area contributed by atoms with E-state index >= 15 is 0 Å². The number of carbonyl (C=O) groups is 1.